The molecule has 0 bridgehead atoms. The molecule has 1 atom stereocenters. The lowest BCUT2D eigenvalue weighted by atomic mass is 10.2. The van der Waals surface area contributed by atoms with E-state index in [1.165, 1.54) is 0 Å². The maximum Gasteiger partial charge on any atom is 0.307 e. The van der Waals surface area contributed by atoms with E-state index in [2.05, 4.69) is 5.32 Å². The number of benzene rings is 1. The first-order valence-corrected chi connectivity index (χ1v) is 6.04. The Kier molecular flexibility index (Phi) is 9.94. The molecule has 0 radical (unpaired) electrons. The molecule has 1 aromatic rings. The SMILES string of the molecule is CC(CN(Cc1ccccc1)OC#N)NCCN.S. The number of nitrogens with two attached hydrogens (primary N) is 1. The van der Waals surface area contributed by atoms with Gasteiger partial charge in [-0.15, -0.1) is 10.3 Å². The van der Waals surface area contributed by atoms with Crippen molar-refractivity contribution >= 4 is 13.5 Å². The molecular formula is C13H22N4OS. The van der Waals surface area contributed by atoms with Gasteiger partial charge in [-0.2, -0.15) is 13.5 Å². The number of hydrogen-bond donors (Lipinski definition) is 2. The summed E-state index contributed by atoms with van der Waals surface area (Å²) in [6.45, 7) is 4.61. The molecule has 19 heavy (non-hydrogen) atoms. The van der Waals surface area contributed by atoms with Crippen molar-refractivity contribution in [3.05, 3.63) is 35.9 Å². The molecule has 0 aliphatic heterocycles. The summed E-state index contributed by atoms with van der Waals surface area (Å²) in [7, 11) is 0. The Labute approximate surface area is 121 Å². The van der Waals surface area contributed by atoms with Crippen LogP contribution in [0.25, 0.3) is 0 Å². The summed E-state index contributed by atoms with van der Waals surface area (Å²) < 4.78 is 0. The van der Waals surface area contributed by atoms with Crippen LogP contribution in [0.3, 0.4) is 0 Å². The van der Waals surface area contributed by atoms with Crippen LogP contribution in [-0.2, 0) is 11.4 Å². The molecule has 6 heteroatoms. The second-order valence-electron chi connectivity index (χ2n) is 4.13. The third-order valence-electron chi connectivity index (χ3n) is 2.49. The quantitative estimate of drug-likeness (QED) is 0.548. The molecule has 0 saturated carbocycles. The van der Waals surface area contributed by atoms with Crippen LogP contribution >= 0.6 is 13.5 Å². The van der Waals surface area contributed by atoms with Crippen LogP contribution in [0.15, 0.2) is 30.3 Å². The van der Waals surface area contributed by atoms with Crippen LogP contribution in [0.5, 0.6) is 0 Å². The van der Waals surface area contributed by atoms with E-state index in [1.54, 1.807) is 11.3 Å². The lowest BCUT2D eigenvalue weighted by molar-refractivity contribution is -0.104. The van der Waals surface area contributed by atoms with Gasteiger partial charge in [0.25, 0.3) is 0 Å². The summed E-state index contributed by atoms with van der Waals surface area (Å²) in [5.41, 5.74) is 6.54. The molecule has 1 rings (SSSR count). The fourth-order valence-corrected chi connectivity index (χ4v) is 1.68. The molecule has 3 N–H and O–H groups in total. The fourth-order valence-electron chi connectivity index (χ4n) is 1.68. The molecule has 106 valence electrons. The van der Waals surface area contributed by atoms with E-state index in [4.69, 9.17) is 15.8 Å². The van der Waals surface area contributed by atoms with Crippen LogP contribution in [0, 0.1) is 11.5 Å². The predicted octanol–water partition coefficient (Wildman–Crippen LogP) is 0.951. The largest absolute Gasteiger partial charge is 0.329 e. The summed E-state index contributed by atoms with van der Waals surface area (Å²) in [6.07, 6.45) is 1.72. The number of hydroxylamine groups is 2. The Balaban J connectivity index is 0.00000324. The third kappa shape index (κ3) is 7.70. The Morgan fingerprint density at radius 3 is 2.68 bits per heavy atom. The van der Waals surface area contributed by atoms with E-state index in [0.29, 0.717) is 19.6 Å². The molecule has 0 amide bonds. The van der Waals surface area contributed by atoms with Crippen LogP contribution in [-0.4, -0.2) is 30.7 Å². The topological polar surface area (TPSA) is 74.3 Å². The van der Waals surface area contributed by atoms with E-state index >= 15 is 0 Å². The highest BCUT2D eigenvalue weighted by atomic mass is 32.1. The number of nitrogens with zero attached hydrogens (tertiary/aromatic N) is 2. The van der Waals surface area contributed by atoms with Crippen molar-refractivity contribution in [3.63, 3.8) is 0 Å². The molecular weight excluding hydrogens is 260 g/mol. The minimum atomic E-state index is 0. The number of nitriles is 1. The van der Waals surface area contributed by atoms with Gasteiger partial charge in [-0.25, -0.2) is 0 Å². The average Bonchev–Trinajstić information content (AvgIpc) is 2.38. The summed E-state index contributed by atoms with van der Waals surface area (Å²) >= 11 is 0. The van der Waals surface area contributed by atoms with Gasteiger partial charge in [0.05, 0.1) is 13.1 Å². The second kappa shape index (κ2) is 10.6. The molecule has 0 saturated heterocycles. The number of rotatable bonds is 8. The summed E-state index contributed by atoms with van der Waals surface area (Å²) in [5, 5.41) is 13.5. The highest BCUT2D eigenvalue weighted by Crippen LogP contribution is 2.05. The fraction of sp³-hybridized carbons (Fsp3) is 0.462. The van der Waals surface area contributed by atoms with Crippen molar-refractivity contribution in [1.82, 2.24) is 10.4 Å². The summed E-state index contributed by atoms with van der Waals surface area (Å²) in [5.74, 6) is 0. The van der Waals surface area contributed by atoms with Gasteiger partial charge in [0.15, 0.2) is 0 Å². The van der Waals surface area contributed by atoms with Crippen LogP contribution in [0.2, 0.25) is 0 Å². The molecule has 0 aliphatic carbocycles. The molecule has 0 aromatic heterocycles. The Morgan fingerprint density at radius 1 is 1.42 bits per heavy atom. The molecule has 0 aliphatic rings. The van der Waals surface area contributed by atoms with E-state index in [9.17, 15) is 0 Å². The third-order valence-corrected chi connectivity index (χ3v) is 2.49. The van der Waals surface area contributed by atoms with Crippen LogP contribution in [0.4, 0.5) is 0 Å². The lowest BCUT2D eigenvalue weighted by Crippen LogP contribution is -2.40. The first-order valence-electron chi connectivity index (χ1n) is 6.04. The Bertz CT molecular complexity index is 369. The van der Waals surface area contributed by atoms with Crippen molar-refractivity contribution in [3.8, 4) is 6.26 Å². The first-order chi connectivity index (χ1) is 8.76. The predicted molar refractivity (Wildman–Crippen MR) is 80.5 cm³/mol. The standard InChI is InChI=1S/C13H20N4O.H2S/c1-12(16-8-7-14)9-17(18-11-15)10-13-5-3-2-4-6-13;/h2-6,12,16H,7-10,14H2,1H3;1H2. The van der Waals surface area contributed by atoms with E-state index in [-0.39, 0.29) is 19.5 Å². The molecule has 0 heterocycles. The van der Waals surface area contributed by atoms with Crippen molar-refractivity contribution in [2.24, 2.45) is 5.73 Å². The maximum atomic E-state index is 8.65. The lowest BCUT2D eigenvalue weighted by Gasteiger charge is -2.22. The van der Waals surface area contributed by atoms with Gasteiger partial charge >= 0.3 is 6.26 Å². The van der Waals surface area contributed by atoms with Gasteiger partial charge in [-0.3, -0.25) is 0 Å². The van der Waals surface area contributed by atoms with Gasteiger partial charge in [0.2, 0.25) is 0 Å². The van der Waals surface area contributed by atoms with Gasteiger partial charge in [-0.1, -0.05) is 30.3 Å². The van der Waals surface area contributed by atoms with Gasteiger partial charge in [-0.05, 0) is 12.5 Å². The second-order valence-corrected chi connectivity index (χ2v) is 4.13. The van der Waals surface area contributed by atoms with Crippen LogP contribution in [0.1, 0.15) is 12.5 Å². The van der Waals surface area contributed by atoms with Gasteiger partial charge < -0.3 is 15.9 Å². The zero-order valence-corrected chi connectivity index (χ0v) is 12.2. The first kappa shape index (κ1) is 17.7. The van der Waals surface area contributed by atoms with E-state index < -0.39 is 0 Å². The average molecular weight is 282 g/mol. The minimum absolute atomic E-state index is 0. The Hall–Kier alpha value is -1.26. The number of hydrogen-bond acceptors (Lipinski definition) is 5. The minimum Gasteiger partial charge on any atom is -0.329 e. The highest BCUT2D eigenvalue weighted by Gasteiger charge is 2.11. The maximum absolute atomic E-state index is 8.65. The van der Waals surface area contributed by atoms with Crippen molar-refractivity contribution < 1.29 is 4.84 Å². The van der Waals surface area contributed by atoms with Crippen molar-refractivity contribution in [2.45, 2.75) is 19.5 Å². The van der Waals surface area contributed by atoms with E-state index in [0.717, 1.165) is 12.1 Å². The van der Waals surface area contributed by atoms with Gasteiger partial charge in [0, 0.05) is 19.1 Å². The smallest absolute Gasteiger partial charge is 0.307 e. The summed E-state index contributed by atoms with van der Waals surface area (Å²) in [6, 6.07) is 10.1. The van der Waals surface area contributed by atoms with Crippen molar-refractivity contribution in [1.29, 1.82) is 5.26 Å². The molecule has 1 unspecified atom stereocenters. The van der Waals surface area contributed by atoms with E-state index in [1.807, 2.05) is 37.3 Å². The van der Waals surface area contributed by atoms with Crippen LogP contribution < -0.4 is 11.1 Å². The number of nitrogens with one attached hydrogen (secondary N) is 1. The molecule has 0 spiro atoms. The molecule has 5 nitrogen and oxygen atoms in total. The zero-order chi connectivity index (χ0) is 13.2. The normalized spacial score (nSPS) is 11.5. The summed E-state index contributed by atoms with van der Waals surface area (Å²) in [4.78, 5) is 4.96. The van der Waals surface area contributed by atoms with Crippen molar-refractivity contribution in [2.75, 3.05) is 19.6 Å². The monoisotopic (exact) mass is 282 g/mol. The highest BCUT2D eigenvalue weighted by molar-refractivity contribution is 7.59. The zero-order valence-electron chi connectivity index (χ0n) is 11.2. The molecule has 1 aromatic carbocycles. The molecule has 0 fully saturated rings. The Morgan fingerprint density at radius 2 is 2.11 bits per heavy atom. The van der Waals surface area contributed by atoms with Gasteiger partial charge in [0.1, 0.15) is 0 Å².